The van der Waals surface area contributed by atoms with E-state index < -0.39 is 0 Å². The Labute approximate surface area is 138 Å². The Bertz CT molecular complexity index is 656. The molecule has 0 N–H and O–H groups in total. The van der Waals surface area contributed by atoms with E-state index in [1.807, 2.05) is 43.7 Å². The zero-order valence-corrected chi connectivity index (χ0v) is 14.8. The SMILES string of the molecule is CCN(C)C(=O)C(C)n1c(CCCl)nc2cc(Br)ccc21. The van der Waals surface area contributed by atoms with E-state index in [-0.39, 0.29) is 11.9 Å². The van der Waals surface area contributed by atoms with Crippen molar-refractivity contribution in [3.05, 3.63) is 28.5 Å². The summed E-state index contributed by atoms with van der Waals surface area (Å²) in [4.78, 5) is 18.8. The first kappa shape index (κ1) is 16.3. The molecule has 6 heteroatoms. The average Bonchev–Trinajstić information content (AvgIpc) is 2.82. The number of rotatable bonds is 5. The number of nitrogens with zero attached hydrogens (tertiary/aromatic N) is 3. The number of hydrogen-bond donors (Lipinski definition) is 0. The molecule has 114 valence electrons. The number of amides is 1. The highest BCUT2D eigenvalue weighted by Gasteiger charge is 2.23. The maximum atomic E-state index is 12.5. The molecule has 1 atom stereocenters. The topological polar surface area (TPSA) is 38.1 Å². The molecular formula is C15H19BrClN3O. The van der Waals surface area contributed by atoms with Crippen LogP contribution in [-0.2, 0) is 11.2 Å². The van der Waals surface area contributed by atoms with E-state index in [1.54, 1.807) is 4.90 Å². The van der Waals surface area contributed by atoms with Crippen LogP contribution in [0.3, 0.4) is 0 Å². The van der Waals surface area contributed by atoms with Gasteiger partial charge in [-0.25, -0.2) is 4.98 Å². The molecule has 21 heavy (non-hydrogen) atoms. The molecular weight excluding hydrogens is 354 g/mol. The fraction of sp³-hybridized carbons (Fsp3) is 0.467. The van der Waals surface area contributed by atoms with Crippen LogP contribution in [0.5, 0.6) is 0 Å². The van der Waals surface area contributed by atoms with E-state index in [1.165, 1.54) is 0 Å². The molecule has 1 aromatic heterocycles. The maximum absolute atomic E-state index is 12.5. The zero-order valence-electron chi connectivity index (χ0n) is 12.4. The molecule has 1 amide bonds. The van der Waals surface area contributed by atoms with Crippen molar-refractivity contribution in [2.24, 2.45) is 0 Å². The molecule has 0 aliphatic rings. The van der Waals surface area contributed by atoms with E-state index in [0.29, 0.717) is 18.8 Å². The Morgan fingerprint density at radius 1 is 1.52 bits per heavy atom. The Balaban J connectivity index is 2.54. The molecule has 0 aliphatic carbocycles. The van der Waals surface area contributed by atoms with Gasteiger partial charge in [0.25, 0.3) is 0 Å². The van der Waals surface area contributed by atoms with Gasteiger partial charge in [-0.15, -0.1) is 11.6 Å². The standard InChI is InChI=1S/C15H19BrClN3O/c1-4-19(3)15(21)10(2)20-13-6-5-11(16)9-12(13)18-14(20)7-8-17/h5-6,9-10H,4,7-8H2,1-3H3. The number of halogens is 2. The second-order valence-corrected chi connectivity index (χ2v) is 6.29. The Kier molecular flexibility index (Phi) is 5.27. The number of alkyl halides is 1. The molecule has 0 aliphatic heterocycles. The summed E-state index contributed by atoms with van der Waals surface area (Å²) in [5, 5.41) is 0. The van der Waals surface area contributed by atoms with Crippen molar-refractivity contribution in [3.8, 4) is 0 Å². The van der Waals surface area contributed by atoms with Gasteiger partial charge < -0.3 is 9.47 Å². The number of aromatic nitrogens is 2. The highest BCUT2D eigenvalue weighted by molar-refractivity contribution is 9.10. The van der Waals surface area contributed by atoms with E-state index in [2.05, 4.69) is 20.9 Å². The molecule has 0 bridgehead atoms. The predicted octanol–water partition coefficient (Wildman–Crippen LogP) is 3.62. The van der Waals surface area contributed by atoms with Crippen LogP contribution >= 0.6 is 27.5 Å². The molecule has 4 nitrogen and oxygen atoms in total. The minimum Gasteiger partial charge on any atom is -0.344 e. The quantitative estimate of drug-likeness (QED) is 0.752. The van der Waals surface area contributed by atoms with Crippen molar-refractivity contribution in [3.63, 3.8) is 0 Å². The second-order valence-electron chi connectivity index (χ2n) is 5.00. The van der Waals surface area contributed by atoms with Gasteiger partial charge in [0.15, 0.2) is 0 Å². The lowest BCUT2D eigenvalue weighted by Gasteiger charge is -2.22. The van der Waals surface area contributed by atoms with Crippen LogP contribution in [0.2, 0.25) is 0 Å². The lowest BCUT2D eigenvalue weighted by molar-refractivity contribution is -0.132. The Morgan fingerprint density at radius 2 is 2.24 bits per heavy atom. The summed E-state index contributed by atoms with van der Waals surface area (Å²) >= 11 is 9.34. The van der Waals surface area contributed by atoms with E-state index in [0.717, 1.165) is 21.3 Å². The lowest BCUT2D eigenvalue weighted by atomic mass is 10.2. The van der Waals surface area contributed by atoms with Crippen molar-refractivity contribution in [1.29, 1.82) is 0 Å². The zero-order chi connectivity index (χ0) is 15.6. The maximum Gasteiger partial charge on any atom is 0.245 e. The lowest BCUT2D eigenvalue weighted by Crippen LogP contribution is -2.33. The molecule has 0 radical (unpaired) electrons. The summed E-state index contributed by atoms with van der Waals surface area (Å²) < 4.78 is 2.97. The van der Waals surface area contributed by atoms with Crippen molar-refractivity contribution in [1.82, 2.24) is 14.5 Å². The molecule has 1 unspecified atom stereocenters. The van der Waals surface area contributed by atoms with Crippen LogP contribution in [-0.4, -0.2) is 39.8 Å². The molecule has 2 aromatic rings. The molecule has 0 spiro atoms. The Morgan fingerprint density at radius 3 is 2.86 bits per heavy atom. The number of imidazole rings is 1. The van der Waals surface area contributed by atoms with Crippen LogP contribution in [0.1, 0.15) is 25.7 Å². The average molecular weight is 373 g/mol. The highest BCUT2D eigenvalue weighted by Crippen LogP contribution is 2.25. The number of aryl methyl sites for hydroxylation is 1. The number of benzene rings is 1. The third-order valence-electron chi connectivity index (χ3n) is 3.64. The third kappa shape index (κ3) is 3.24. The largest absolute Gasteiger partial charge is 0.344 e. The van der Waals surface area contributed by atoms with Crippen LogP contribution in [0.4, 0.5) is 0 Å². The van der Waals surface area contributed by atoms with Crippen LogP contribution in [0.25, 0.3) is 11.0 Å². The number of carbonyl (C=O) groups excluding carboxylic acids is 1. The van der Waals surface area contributed by atoms with Gasteiger partial charge in [-0.2, -0.15) is 0 Å². The number of fused-ring (bicyclic) bond motifs is 1. The summed E-state index contributed by atoms with van der Waals surface area (Å²) in [6.07, 6.45) is 0.640. The Hall–Kier alpha value is -1.07. The summed E-state index contributed by atoms with van der Waals surface area (Å²) in [6.45, 7) is 4.56. The third-order valence-corrected chi connectivity index (χ3v) is 4.32. The number of hydrogen-bond acceptors (Lipinski definition) is 2. The summed E-state index contributed by atoms with van der Waals surface area (Å²) in [6, 6.07) is 5.62. The monoisotopic (exact) mass is 371 g/mol. The van der Waals surface area contributed by atoms with Gasteiger partial charge in [0.05, 0.1) is 11.0 Å². The fourth-order valence-electron chi connectivity index (χ4n) is 2.40. The molecule has 0 fully saturated rings. The second kappa shape index (κ2) is 6.79. The van der Waals surface area contributed by atoms with E-state index >= 15 is 0 Å². The predicted molar refractivity (Wildman–Crippen MR) is 89.9 cm³/mol. The van der Waals surface area contributed by atoms with Crippen molar-refractivity contribution in [2.45, 2.75) is 26.3 Å². The highest BCUT2D eigenvalue weighted by atomic mass is 79.9. The summed E-state index contributed by atoms with van der Waals surface area (Å²) in [7, 11) is 1.82. The summed E-state index contributed by atoms with van der Waals surface area (Å²) in [5.41, 5.74) is 1.84. The smallest absolute Gasteiger partial charge is 0.245 e. The van der Waals surface area contributed by atoms with Gasteiger partial charge in [0.2, 0.25) is 5.91 Å². The van der Waals surface area contributed by atoms with Crippen LogP contribution < -0.4 is 0 Å². The van der Waals surface area contributed by atoms with Crippen molar-refractivity contribution >= 4 is 44.5 Å². The number of likely N-dealkylation sites (N-methyl/N-ethyl adjacent to an activating group) is 1. The van der Waals surface area contributed by atoms with Gasteiger partial charge in [0, 0.05) is 30.4 Å². The first-order chi connectivity index (χ1) is 9.99. The van der Waals surface area contributed by atoms with Gasteiger partial charge in [-0.3, -0.25) is 4.79 Å². The summed E-state index contributed by atoms with van der Waals surface area (Å²) in [5.74, 6) is 1.41. The molecule has 2 rings (SSSR count). The minimum atomic E-state index is -0.292. The molecule has 1 aromatic carbocycles. The minimum absolute atomic E-state index is 0.0792. The molecule has 1 heterocycles. The van der Waals surface area contributed by atoms with Gasteiger partial charge in [0.1, 0.15) is 11.9 Å². The first-order valence-electron chi connectivity index (χ1n) is 6.96. The van der Waals surface area contributed by atoms with Gasteiger partial charge in [-0.1, -0.05) is 15.9 Å². The van der Waals surface area contributed by atoms with Crippen molar-refractivity contribution in [2.75, 3.05) is 19.5 Å². The fourth-order valence-corrected chi connectivity index (χ4v) is 2.92. The van der Waals surface area contributed by atoms with Crippen LogP contribution in [0, 0.1) is 0 Å². The molecule has 0 saturated carbocycles. The van der Waals surface area contributed by atoms with E-state index in [9.17, 15) is 4.79 Å². The van der Waals surface area contributed by atoms with Gasteiger partial charge in [-0.05, 0) is 32.0 Å². The normalized spacial score (nSPS) is 12.6. The first-order valence-corrected chi connectivity index (χ1v) is 8.29. The van der Waals surface area contributed by atoms with Crippen molar-refractivity contribution < 1.29 is 4.79 Å². The molecule has 0 saturated heterocycles. The van der Waals surface area contributed by atoms with Crippen LogP contribution in [0.15, 0.2) is 22.7 Å². The van der Waals surface area contributed by atoms with E-state index in [4.69, 9.17) is 11.6 Å². The van der Waals surface area contributed by atoms with Gasteiger partial charge >= 0.3 is 0 Å². The number of carbonyl (C=O) groups is 1.